The zero-order chi connectivity index (χ0) is 15.4. The average molecular weight is 416 g/mol. The summed E-state index contributed by atoms with van der Waals surface area (Å²) in [7, 11) is 0. The Morgan fingerprint density at radius 1 is 1.24 bits per heavy atom. The number of hydrogen-bond donors (Lipinski definition) is 1. The second kappa shape index (κ2) is 7.56. The summed E-state index contributed by atoms with van der Waals surface area (Å²) >= 11 is 7.12. The molecule has 1 unspecified atom stereocenters. The minimum absolute atomic E-state index is 0.483. The van der Waals surface area contributed by atoms with Crippen LogP contribution in [0.15, 0.2) is 33.3 Å². The molecule has 1 atom stereocenters. The van der Waals surface area contributed by atoms with Gasteiger partial charge in [0.25, 0.3) is 0 Å². The topological polar surface area (TPSA) is 34.1 Å². The first-order valence-electron chi connectivity index (χ1n) is 7.09. The maximum absolute atomic E-state index is 5.94. The Morgan fingerprint density at radius 3 is 2.71 bits per heavy atom. The Balaban J connectivity index is 2.09. The van der Waals surface area contributed by atoms with E-state index in [1.165, 1.54) is 0 Å². The standard InChI is InChI=1S/C16H20Br2N2O/c1-10(2)11(3)19-7-8-21-16-14(18)9-13(17)12-5-4-6-20-15(12)16/h4-6,9-11,19H,7-8H2,1-3H3. The fourth-order valence-electron chi connectivity index (χ4n) is 1.96. The summed E-state index contributed by atoms with van der Waals surface area (Å²) in [5, 5.41) is 4.52. The van der Waals surface area contributed by atoms with Gasteiger partial charge in [0, 0.05) is 28.6 Å². The van der Waals surface area contributed by atoms with Gasteiger partial charge in [-0.25, -0.2) is 0 Å². The van der Waals surface area contributed by atoms with Crippen molar-refractivity contribution in [2.75, 3.05) is 13.2 Å². The van der Waals surface area contributed by atoms with Crippen LogP contribution in [0.3, 0.4) is 0 Å². The molecule has 5 heteroatoms. The van der Waals surface area contributed by atoms with E-state index in [-0.39, 0.29) is 0 Å². The van der Waals surface area contributed by atoms with E-state index < -0.39 is 0 Å². The SMILES string of the molecule is CC(C)C(C)NCCOc1c(Br)cc(Br)c2cccnc12. The Morgan fingerprint density at radius 2 is 2.00 bits per heavy atom. The molecular weight excluding hydrogens is 396 g/mol. The molecule has 1 aromatic carbocycles. The summed E-state index contributed by atoms with van der Waals surface area (Å²) in [4.78, 5) is 4.44. The highest BCUT2D eigenvalue weighted by Gasteiger charge is 2.12. The molecule has 2 aromatic rings. The lowest BCUT2D eigenvalue weighted by Crippen LogP contribution is -2.33. The number of ether oxygens (including phenoxy) is 1. The van der Waals surface area contributed by atoms with Crippen LogP contribution in [0.1, 0.15) is 20.8 Å². The van der Waals surface area contributed by atoms with Crippen LogP contribution in [0.4, 0.5) is 0 Å². The van der Waals surface area contributed by atoms with Crippen LogP contribution in [0, 0.1) is 5.92 Å². The first kappa shape index (κ1) is 16.7. The predicted octanol–water partition coefficient (Wildman–Crippen LogP) is 4.77. The average Bonchev–Trinajstić information content (AvgIpc) is 2.46. The second-order valence-corrected chi connectivity index (χ2v) is 7.11. The molecule has 0 aliphatic rings. The molecule has 0 spiro atoms. The van der Waals surface area contributed by atoms with Crippen molar-refractivity contribution in [1.82, 2.24) is 10.3 Å². The lowest BCUT2D eigenvalue weighted by Gasteiger charge is -2.18. The van der Waals surface area contributed by atoms with E-state index in [0.29, 0.717) is 18.6 Å². The van der Waals surface area contributed by atoms with Crippen LogP contribution in [0.2, 0.25) is 0 Å². The third kappa shape index (κ3) is 4.18. The molecule has 0 radical (unpaired) electrons. The van der Waals surface area contributed by atoms with Gasteiger partial charge in [0.1, 0.15) is 12.1 Å². The molecule has 0 saturated heterocycles. The molecule has 0 fully saturated rings. The van der Waals surface area contributed by atoms with Crippen LogP contribution in [0.5, 0.6) is 5.75 Å². The highest BCUT2D eigenvalue weighted by molar-refractivity contribution is 9.11. The third-order valence-electron chi connectivity index (χ3n) is 3.57. The quantitative estimate of drug-likeness (QED) is 0.689. The Bertz CT molecular complexity index is 616. The Labute approximate surface area is 142 Å². The van der Waals surface area contributed by atoms with Crippen molar-refractivity contribution in [3.05, 3.63) is 33.3 Å². The summed E-state index contributed by atoms with van der Waals surface area (Å²) in [6.45, 7) is 8.04. The van der Waals surface area contributed by atoms with Crippen molar-refractivity contribution < 1.29 is 4.74 Å². The third-order valence-corrected chi connectivity index (χ3v) is 4.81. The highest BCUT2D eigenvalue weighted by atomic mass is 79.9. The molecule has 1 heterocycles. The summed E-state index contributed by atoms with van der Waals surface area (Å²) in [5.41, 5.74) is 0.871. The number of aromatic nitrogens is 1. The van der Waals surface area contributed by atoms with E-state index in [0.717, 1.165) is 32.1 Å². The molecule has 0 bridgehead atoms. The van der Waals surface area contributed by atoms with Crippen LogP contribution in [0.25, 0.3) is 10.9 Å². The zero-order valence-corrected chi connectivity index (χ0v) is 15.7. The van der Waals surface area contributed by atoms with Crippen molar-refractivity contribution >= 4 is 42.8 Å². The number of fused-ring (bicyclic) bond motifs is 1. The molecule has 2 rings (SSSR count). The monoisotopic (exact) mass is 414 g/mol. The smallest absolute Gasteiger partial charge is 0.159 e. The van der Waals surface area contributed by atoms with Crippen molar-refractivity contribution in [2.45, 2.75) is 26.8 Å². The van der Waals surface area contributed by atoms with Gasteiger partial charge in [-0.1, -0.05) is 35.8 Å². The van der Waals surface area contributed by atoms with Crippen molar-refractivity contribution in [3.63, 3.8) is 0 Å². The summed E-state index contributed by atoms with van der Waals surface area (Å²) in [6.07, 6.45) is 1.78. The van der Waals surface area contributed by atoms with Crippen LogP contribution < -0.4 is 10.1 Å². The van der Waals surface area contributed by atoms with Gasteiger partial charge in [0.05, 0.1) is 4.47 Å². The Hall–Kier alpha value is -0.650. The van der Waals surface area contributed by atoms with Gasteiger partial charge in [-0.3, -0.25) is 4.98 Å². The fraction of sp³-hybridized carbons (Fsp3) is 0.438. The van der Waals surface area contributed by atoms with E-state index in [2.05, 4.69) is 62.9 Å². The van der Waals surface area contributed by atoms with Gasteiger partial charge in [-0.05, 0) is 40.9 Å². The van der Waals surface area contributed by atoms with E-state index in [1.54, 1.807) is 6.20 Å². The molecule has 3 nitrogen and oxygen atoms in total. The highest BCUT2D eigenvalue weighted by Crippen LogP contribution is 2.37. The predicted molar refractivity (Wildman–Crippen MR) is 94.9 cm³/mol. The van der Waals surface area contributed by atoms with E-state index in [9.17, 15) is 0 Å². The first-order chi connectivity index (χ1) is 10.0. The number of rotatable bonds is 6. The van der Waals surface area contributed by atoms with Gasteiger partial charge in [0.2, 0.25) is 0 Å². The van der Waals surface area contributed by atoms with Crippen LogP contribution in [-0.2, 0) is 0 Å². The maximum Gasteiger partial charge on any atom is 0.159 e. The molecular formula is C16H20Br2N2O. The molecule has 0 saturated carbocycles. The summed E-state index contributed by atoms with van der Waals surface area (Å²) in [5.74, 6) is 1.42. The number of nitrogens with zero attached hydrogens (tertiary/aromatic N) is 1. The normalized spacial score (nSPS) is 12.9. The van der Waals surface area contributed by atoms with E-state index in [1.807, 2.05) is 18.2 Å². The largest absolute Gasteiger partial charge is 0.489 e. The van der Waals surface area contributed by atoms with Gasteiger partial charge in [-0.15, -0.1) is 0 Å². The molecule has 21 heavy (non-hydrogen) atoms. The number of hydrogen-bond acceptors (Lipinski definition) is 3. The fourth-order valence-corrected chi connectivity index (χ4v) is 3.35. The molecule has 114 valence electrons. The first-order valence-corrected chi connectivity index (χ1v) is 8.68. The van der Waals surface area contributed by atoms with E-state index >= 15 is 0 Å². The zero-order valence-electron chi connectivity index (χ0n) is 12.5. The minimum Gasteiger partial charge on any atom is -0.489 e. The van der Waals surface area contributed by atoms with Crippen molar-refractivity contribution in [1.29, 1.82) is 0 Å². The summed E-state index contributed by atoms with van der Waals surface area (Å²) < 4.78 is 7.87. The molecule has 0 amide bonds. The van der Waals surface area contributed by atoms with Crippen LogP contribution in [-0.4, -0.2) is 24.2 Å². The number of nitrogens with one attached hydrogen (secondary N) is 1. The molecule has 0 aliphatic heterocycles. The van der Waals surface area contributed by atoms with Gasteiger partial charge in [0.15, 0.2) is 5.75 Å². The maximum atomic E-state index is 5.94. The van der Waals surface area contributed by atoms with Crippen molar-refractivity contribution in [3.8, 4) is 5.75 Å². The van der Waals surface area contributed by atoms with Gasteiger partial charge < -0.3 is 10.1 Å². The lowest BCUT2D eigenvalue weighted by molar-refractivity contribution is 0.298. The molecule has 1 aromatic heterocycles. The summed E-state index contributed by atoms with van der Waals surface area (Å²) in [6, 6.07) is 6.45. The number of benzene rings is 1. The minimum atomic E-state index is 0.483. The van der Waals surface area contributed by atoms with Gasteiger partial charge in [-0.2, -0.15) is 0 Å². The van der Waals surface area contributed by atoms with Gasteiger partial charge >= 0.3 is 0 Å². The second-order valence-electron chi connectivity index (χ2n) is 5.40. The van der Waals surface area contributed by atoms with Crippen molar-refractivity contribution in [2.24, 2.45) is 5.92 Å². The number of halogens is 2. The number of pyridine rings is 1. The Kier molecular flexibility index (Phi) is 6.02. The molecule has 0 aliphatic carbocycles. The van der Waals surface area contributed by atoms with Crippen LogP contribution >= 0.6 is 31.9 Å². The molecule has 1 N–H and O–H groups in total. The van der Waals surface area contributed by atoms with E-state index in [4.69, 9.17) is 4.74 Å². The lowest BCUT2D eigenvalue weighted by atomic mass is 10.1.